The van der Waals surface area contributed by atoms with Gasteiger partial charge in [0.1, 0.15) is 0 Å². The Bertz CT molecular complexity index is 739. The van der Waals surface area contributed by atoms with Crippen LogP contribution in [0.15, 0.2) is 60.7 Å². The average molecular weight is 308 g/mol. The van der Waals surface area contributed by atoms with Gasteiger partial charge in [-0.3, -0.25) is 0 Å². The Morgan fingerprint density at radius 2 is 1.64 bits per heavy atom. The number of fused-ring (bicyclic) bond motifs is 1. The molecule has 1 aliphatic carbocycles. The molecule has 0 saturated carbocycles. The summed E-state index contributed by atoms with van der Waals surface area (Å²) in [6.45, 7) is 2.23. The Balaban J connectivity index is 2.07. The van der Waals surface area contributed by atoms with Gasteiger partial charge in [-0.05, 0) is 29.2 Å². The highest BCUT2D eigenvalue weighted by Crippen LogP contribution is 2.40. The summed E-state index contributed by atoms with van der Waals surface area (Å²) in [7, 11) is 0. The lowest BCUT2D eigenvalue weighted by molar-refractivity contribution is 0.674. The van der Waals surface area contributed by atoms with Crippen LogP contribution in [0.1, 0.15) is 48.8 Å². The van der Waals surface area contributed by atoms with Crippen molar-refractivity contribution in [3.63, 3.8) is 0 Å². The molecule has 1 atom stereocenters. The minimum absolute atomic E-state index is 0.368. The molecule has 0 fully saturated rings. The van der Waals surface area contributed by atoms with Crippen LogP contribution in [0.5, 0.6) is 0 Å². The van der Waals surface area contributed by atoms with Gasteiger partial charge in [-0.15, -0.1) is 0 Å². The van der Waals surface area contributed by atoms with Crippen molar-refractivity contribution >= 4 is 21.7 Å². The second kappa shape index (κ2) is 6.89. The molecule has 2 aromatic carbocycles. The van der Waals surface area contributed by atoms with E-state index in [1.54, 1.807) is 0 Å². The highest BCUT2D eigenvalue weighted by Gasteiger charge is 2.25. The zero-order valence-electron chi connectivity index (χ0n) is 12.8. The van der Waals surface area contributed by atoms with E-state index in [9.17, 15) is 4.21 Å². The van der Waals surface area contributed by atoms with E-state index in [-0.39, 0.29) is 0 Å². The summed E-state index contributed by atoms with van der Waals surface area (Å²) in [5.41, 5.74) is 4.96. The Labute approximate surface area is 135 Å². The van der Waals surface area contributed by atoms with E-state index in [0.29, 0.717) is 17.2 Å². The van der Waals surface area contributed by atoms with Crippen LogP contribution in [0, 0.1) is 0 Å². The van der Waals surface area contributed by atoms with Crippen molar-refractivity contribution in [2.75, 3.05) is 0 Å². The Kier molecular flexibility index (Phi) is 4.69. The van der Waals surface area contributed by atoms with Gasteiger partial charge in [0.25, 0.3) is 0 Å². The van der Waals surface area contributed by atoms with Crippen LogP contribution in [0.4, 0.5) is 0 Å². The number of unbranched alkanes of at least 4 members (excludes halogenated alkanes) is 1. The van der Waals surface area contributed by atoms with Crippen LogP contribution < -0.4 is 0 Å². The van der Waals surface area contributed by atoms with E-state index in [1.165, 1.54) is 29.5 Å². The summed E-state index contributed by atoms with van der Waals surface area (Å²) in [4.78, 5) is 0.850. The lowest BCUT2D eigenvalue weighted by atomic mass is 9.84. The number of hydrogen-bond acceptors (Lipinski definition) is 1. The molecule has 0 heterocycles. The molecule has 0 N–H and O–H groups in total. The molecule has 3 rings (SSSR count). The molecule has 0 aliphatic heterocycles. The summed E-state index contributed by atoms with van der Waals surface area (Å²) >= 11 is 0.606. The molecule has 0 saturated heterocycles. The van der Waals surface area contributed by atoms with Crippen molar-refractivity contribution < 1.29 is 4.21 Å². The van der Waals surface area contributed by atoms with Crippen LogP contribution >= 0.6 is 0 Å². The van der Waals surface area contributed by atoms with E-state index in [2.05, 4.69) is 61.5 Å². The summed E-state index contributed by atoms with van der Waals surface area (Å²) in [6.07, 6.45) is 5.61. The molecule has 112 valence electrons. The van der Waals surface area contributed by atoms with Crippen molar-refractivity contribution in [3.8, 4) is 0 Å². The minimum Gasteiger partial charge on any atom is -0.212 e. The summed E-state index contributed by atoms with van der Waals surface area (Å²) in [5.74, 6) is 0.368. The second-order valence-corrected chi connectivity index (χ2v) is 6.30. The maximum atomic E-state index is 11.4. The molecule has 1 nitrogen and oxygen atoms in total. The van der Waals surface area contributed by atoms with E-state index in [1.807, 2.05) is 6.07 Å². The monoisotopic (exact) mass is 308 g/mol. The predicted octanol–water partition coefficient (Wildman–Crippen LogP) is 4.79. The van der Waals surface area contributed by atoms with Crippen molar-refractivity contribution in [2.24, 2.45) is 0 Å². The van der Waals surface area contributed by atoms with Crippen molar-refractivity contribution in [1.29, 1.82) is 0 Å². The predicted molar refractivity (Wildman–Crippen MR) is 95.4 cm³/mol. The minimum atomic E-state index is 0.368. The number of hydrogen-bond donors (Lipinski definition) is 0. The van der Waals surface area contributed by atoms with Gasteiger partial charge in [0.2, 0.25) is 0 Å². The second-order valence-electron chi connectivity index (χ2n) is 5.70. The maximum absolute atomic E-state index is 11.4. The quantitative estimate of drug-likeness (QED) is 0.726. The molecule has 0 bridgehead atoms. The van der Waals surface area contributed by atoms with Gasteiger partial charge in [-0.25, -0.2) is 4.21 Å². The molecule has 0 amide bonds. The van der Waals surface area contributed by atoms with Crippen LogP contribution in [-0.2, 0) is 11.3 Å². The maximum Gasteiger partial charge on any atom is 0.0971 e. The Morgan fingerprint density at radius 1 is 0.955 bits per heavy atom. The molecular weight excluding hydrogens is 288 g/mol. The molecule has 0 spiro atoms. The summed E-state index contributed by atoms with van der Waals surface area (Å²) < 4.78 is 11.4. The standard InChI is InChI=1S/C20H20OS/c1-2-3-11-16(15-9-5-4-6-10-15)19-14-20(22-21)18-13-8-7-12-17(18)19/h4-10,12-14,16H,2-3,11H2,1H3. The van der Waals surface area contributed by atoms with Gasteiger partial charge in [0.05, 0.1) is 16.1 Å². The third-order valence-electron chi connectivity index (χ3n) is 4.30. The molecule has 0 radical (unpaired) electrons. The van der Waals surface area contributed by atoms with Crippen LogP contribution in [0.3, 0.4) is 0 Å². The fourth-order valence-corrected chi connectivity index (χ4v) is 3.64. The van der Waals surface area contributed by atoms with Gasteiger partial charge >= 0.3 is 0 Å². The summed E-state index contributed by atoms with van der Waals surface area (Å²) in [6, 6.07) is 18.9. The smallest absolute Gasteiger partial charge is 0.0971 e. The molecule has 2 heteroatoms. The van der Waals surface area contributed by atoms with Crippen molar-refractivity contribution in [2.45, 2.75) is 32.1 Å². The Morgan fingerprint density at radius 3 is 2.32 bits per heavy atom. The van der Waals surface area contributed by atoms with E-state index < -0.39 is 0 Å². The van der Waals surface area contributed by atoms with Crippen molar-refractivity contribution in [1.82, 2.24) is 0 Å². The molecule has 22 heavy (non-hydrogen) atoms. The first-order valence-electron chi connectivity index (χ1n) is 7.88. The van der Waals surface area contributed by atoms with Crippen LogP contribution in [0.25, 0.3) is 5.57 Å². The first-order chi connectivity index (χ1) is 10.8. The normalized spacial score (nSPS) is 14.4. The zero-order chi connectivity index (χ0) is 15.4. The highest BCUT2D eigenvalue weighted by molar-refractivity contribution is 7.67. The van der Waals surface area contributed by atoms with E-state index in [4.69, 9.17) is 0 Å². The number of allylic oxidation sites excluding steroid dienone is 2. The SMILES string of the molecule is CCCCC(C1=CC(=S=O)c2ccccc21)c1ccccc1. The van der Waals surface area contributed by atoms with Gasteiger partial charge in [-0.2, -0.15) is 0 Å². The molecule has 1 aliphatic rings. The molecule has 0 aromatic heterocycles. The average Bonchev–Trinajstić information content (AvgIpc) is 2.95. The van der Waals surface area contributed by atoms with Crippen LogP contribution in [0.2, 0.25) is 0 Å². The van der Waals surface area contributed by atoms with Gasteiger partial charge in [-0.1, -0.05) is 74.4 Å². The highest BCUT2D eigenvalue weighted by atomic mass is 32.1. The molecule has 2 aromatic rings. The van der Waals surface area contributed by atoms with E-state index >= 15 is 0 Å². The first kappa shape index (κ1) is 15.0. The fourth-order valence-electron chi connectivity index (χ4n) is 3.20. The zero-order valence-corrected chi connectivity index (χ0v) is 13.6. The molecule has 1 unspecified atom stereocenters. The van der Waals surface area contributed by atoms with E-state index in [0.717, 1.165) is 16.8 Å². The van der Waals surface area contributed by atoms with Gasteiger partial charge in [0.15, 0.2) is 0 Å². The van der Waals surface area contributed by atoms with Gasteiger partial charge < -0.3 is 0 Å². The number of benzene rings is 2. The molecular formula is C20H20OS. The Hall–Kier alpha value is -1.93. The lowest BCUT2D eigenvalue weighted by Crippen LogP contribution is -2.01. The van der Waals surface area contributed by atoms with Gasteiger partial charge in [0, 0.05) is 11.5 Å². The third kappa shape index (κ3) is 2.84. The first-order valence-corrected chi connectivity index (χ1v) is 8.62. The largest absolute Gasteiger partial charge is 0.212 e. The van der Waals surface area contributed by atoms with Crippen molar-refractivity contribution in [3.05, 3.63) is 77.4 Å². The topological polar surface area (TPSA) is 17.1 Å². The fraction of sp³-hybridized carbons (Fsp3) is 0.250. The number of rotatable bonds is 5. The lowest BCUT2D eigenvalue weighted by Gasteiger charge is -2.20. The summed E-state index contributed by atoms with van der Waals surface area (Å²) in [5, 5.41) is 0. The van der Waals surface area contributed by atoms with Crippen LogP contribution in [-0.4, -0.2) is 9.07 Å². The third-order valence-corrected chi connectivity index (χ3v) is 4.82.